The van der Waals surface area contributed by atoms with Gasteiger partial charge in [0.05, 0.1) is 11.9 Å². The Hall–Kier alpha value is -3.07. The van der Waals surface area contributed by atoms with Gasteiger partial charge in [-0.2, -0.15) is 0 Å². The summed E-state index contributed by atoms with van der Waals surface area (Å²) in [5, 5.41) is 3.84. The van der Waals surface area contributed by atoms with Crippen LogP contribution in [0.4, 0.5) is 5.69 Å². The summed E-state index contributed by atoms with van der Waals surface area (Å²) in [5.74, 6) is -0.868. The molecule has 3 aromatic rings. The quantitative estimate of drug-likeness (QED) is 0.331. The lowest BCUT2D eigenvalue weighted by atomic mass is 10.0. The second kappa shape index (κ2) is 13.3. The molecule has 0 radical (unpaired) electrons. The number of sulfonamides is 1. The van der Waals surface area contributed by atoms with E-state index in [4.69, 9.17) is 23.2 Å². The smallest absolute Gasteiger partial charge is 0.244 e. The molecule has 7 nitrogen and oxygen atoms in total. The summed E-state index contributed by atoms with van der Waals surface area (Å²) in [6.45, 7) is 5.06. The minimum absolute atomic E-state index is 0.0747. The molecule has 0 aromatic heterocycles. The zero-order valence-electron chi connectivity index (χ0n) is 22.4. The minimum Gasteiger partial charge on any atom is -0.352 e. The molecule has 0 unspecified atom stereocenters. The lowest BCUT2D eigenvalue weighted by Crippen LogP contribution is -2.54. The molecule has 0 heterocycles. The van der Waals surface area contributed by atoms with Gasteiger partial charge >= 0.3 is 0 Å². The number of anilines is 1. The van der Waals surface area contributed by atoms with E-state index in [-0.39, 0.29) is 30.6 Å². The fraction of sp³-hybridized carbons (Fsp3) is 0.310. The molecule has 3 aromatic carbocycles. The number of hydrogen-bond donors (Lipinski definition) is 1. The maximum absolute atomic E-state index is 14.0. The van der Waals surface area contributed by atoms with E-state index in [1.54, 1.807) is 43.3 Å². The Kier molecular flexibility index (Phi) is 10.4. The van der Waals surface area contributed by atoms with E-state index >= 15 is 0 Å². The molecule has 0 aliphatic heterocycles. The molecule has 208 valence electrons. The van der Waals surface area contributed by atoms with Crippen molar-refractivity contribution in [2.75, 3.05) is 17.1 Å². The van der Waals surface area contributed by atoms with Gasteiger partial charge in [-0.15, -0.1) is 0 Å². The monoisotopic (exact) mass is 589 g/mol. The topological polar surface area (TPSA) is 86.8 Å². The average Bonchev–Trinajstić information content (AvgIpc) is 2.87. The van der Waals surface area contributed by atoms with E-state index in [1.165, 1.54) is 11.0 Å². The number of rotatable bonds is 11. The molecule has 0 spiro atoms. The summed E-state index contributed by atoms with van der Waals surface area (Å²) in [4.78, 5) is 28.9. The summed E-state index contributed by atoms with van der Waals surface area (Å²) in [5.41, 5.74) is 2.64. The number of benzene rings is 3. The first-order valence-electron chi connectivity index (χ1n) is 12.5. The highest BCUT2D eigenvalue weighted by Crippen LogP contribution is 2.26. The zero-order valence-corrected chi connectivity index (χ0v) is 24.7. The van der Waals surface area contributed by atoms with Crippen LogP contribution in [-0.2, 0) is 32.6 Å². The van der Waals surface area contributed by atoms with Crippen molar-refractivity contribution < 1.29 is 18.0 Å². The Balaban J connectivity index is 2.06. The van der Waals surface area contributed by atoms with Gasteiger partial charge in [0.15, 0.2) is 0 Å². The predicted molar refractivity (Wildman–Crippen MR) is 158 cm³/mol. The van der Waals surface area contributed by atoms with E-state index in [1.807, 2.05) is 44.2 Å². The molecule has 1 N–H and O–H groups in total. The molecule has 0 aliphatic rings. The van der Waals surface area contributed by atoms with Crippen molar-refractivity contribution in [3.63, 3.8) is 0 Å². The first-order valence-corrected chi connectivity index (χ1v) is 15.1. The van der Waals surface area contributed by atoms with Gasteiger partial charge in [-0.3, -0.25) is 13.9 Å². The number of nitrogens with zero attached hydrogens (tertiary/aromatic N) is 2. The number of amides is 2. The molecule has 1 atom stereocenters. The largest absolute Gasteiger partial charge is 0.352 e. The predicted octanol–water partition coefficient (Wildman–Crippen LogP) is 5.23. The van der Waals surface area contributed by atoms with Crippen LogP contribution in [0.3, 0.4) is 0 Å². The molecule has 2 amide bonds. The molecule has 0 saturated carbocycles. The van der Waals surface area contributed by atoms with Gasteiger partial charge in [-0.1, -0.05) is 71.7 Å². The summed E-state index contributed by atoms with van der Waals surface area (Å²) in [7, 11) is -3.87. The first kappa shape index (κ1) is 30.5. The first-order chi connectivity index (χ1) is 18.3. The minimum atomic E-state index is -3.87. The Morgan fingerprint density at radius 2 is 1.56 bits per heavy atom. The second-order valence-electron chi connectivity index (χ2n) is 9.72. The molecule has 3 rings (SSSR count). The van der Waals surface area contributed by atoms with E-state index < -0.39 is 28.5 Å². The summed E-state index contributed by atoms with van der Waals surface area (Å²) >= 11 is 12.3. The van der Waals surface area contributed by atoms with Crippen molar-refractivity contribution in [1.82, 2.24) is 10.2 Å². The lowest BCUT2D eigenvalue weighted by molar-refractivity contribution is -0.140. The Morgan fingerprint density at radius 1 is 0.923 bits per heavy atom. The van der Waals surface area contributed by atoms with E-state index in [9.17, 15) is 18.0 Å². The molecule has 0 aliphatic carbocycles. The summed E-state index contributed by atoms with van der Waals surface area (Å²) < 4.78 is 26.7. The maximum Gasteiger partial charge on any atom is 0.244 e. The van der Waals surface area contributed by atoms with Gasteiger partial charge in [0.25, 0.3) is 0 Å². The fourth-order valence-electron chi connectivity index (χ4n) is 4.07. The van der Waals surface area contributed by atoms with Crippen LogP contribution in [0.1, 0.15) is 30.5 Å². The van der Waals surface area contributed by atoms with Gasteiger partial charge in [0.1, 0.15) is 12.6 Å². The van der Waals surface area contributed by atoms with Crippen LogP contribution in [0, 0.1) is 6.92 Å². The van der Waals surface area contributed by atoms with Crippen LogP contribution in [0.15, 0.2) is 72.8 Å². The molecule has 10 heteroatoms. The van der Waals surface area contributed by atoms with E-state index in [2.05, 4.69) is 5.32 Å². The maximum atomic E-state index is 14.0. The molecule has 0 bridgehead atoms. The highest BCUT2D eigenvalue weighted by atomic mass is 35.5. The number of carbonyl (C=O) groups excluding carboxylic acids is 2. The number of aryl methyl sites for hydroxylation is 1. The van der Waals surface area contributed by atoms with Gasteiger partial charge < -0.3 is 10.2 Å². The van der Waals surface area contributed by atoms with Crippen LogP contribution >= 0.6 is 23.2 Å². The van der Waals surface area contributed by atoms with Gasteiger partial charge in [0.2, 0.25) is 21.8 Å². The van der Waals surface area contributed by atoms with E-state index in [0.717, 1.165) is 27.3 Å². The van der Waals surface area contributed by atoms with Crippen molar-refractivity contribution >= 4 is 50.7 Å². The zero-order chi connectivity index (χ0) is 28.7. The van der Waals surface area contributed by atoms with Crippen LogP contribution in [0.2, 0.25) is 10.0 Å². The highest BCUT2D eigenvalue weighted by Gasteiger charge is 2.33. The van der Waals surface area contributed by atoms with Crippen LogP contribution in [-0.4, -0.2) is 50.0 Å². The fourth-order valence-corrected chi connectivity index (χ4v) is 5.21. The Labute approximate surface area is 240 Å². The van der Waals surface area contributed by atoms with E-state index in [0.29, 0.717) is 10.0 Å². The summed E-state index contributed by atoms with van der Waals surface area (Å²) in [6, 6.07) is 20.1. The van der Waals surface area contributed by atoms with Crippen molar-refractivity contribution in [3.05, 3.63) is 99.5 Å². The lowest BCUT2D eigenvalue weighted by Gasteiger charge is -2.34. The molecular weight excluding hydrogens is 557 g/mol. The SMILES string of the molecule is Cc1ccc(N(CC(=O)N(Cc2ccc(Cl)cc2)[C@H](Cc2ccccc2)C(=O)NC(C)C)S(C)(=O)=O)cc1Cl. The van der Waals surface area contributed by atoms with Gasteiger partial charge in [-0.05, 0) is 61.7 Å². The number of nitrogens with one attached hydrogen (secondary N) is 1. The Bertz CT molecular complexity index is 1400. The summed E-state index contributed by atoms with van der Waals surface area (Å²) in [6.07, 6.45) is 1.28. The highest BCUT2D eigenvalue weighted by molar-refractivity contribution is 7.92. The average molecular weight is 591 g/mol. The number of hydrogen-bond acceptors (Lipinski definition) is 4. The third-order valence-electron chi connectivity index (χ3n) is 6.09. The molecule has 0 fully saturated rings. The van der Waals surface area contributed by atoms with Crippen LogP contribution in [0.25, 0.3) is 0 Å². The van der Waals surface area contributed by atoms with Crippen molar-refractivity contribution in [2.24, 2.45) is 0 Å². The molecule has 39 heavy (non-hydrogen) atoms. The second-order valence-corrected chi connectivity index (χ2v) is 12.5. The van der Waals surface area contributed by atoms with Crippen molar-refractivity contribution in [2.45, 2.75) is 45.8 Å². The standard InChI is InChI=1S/C29H33Cl2N3O4S/c1-20(2)32-29(36)27(16-22-8-6-5-7-9-22)33(18-23-11-13-24(30)14-12-23)28(35)19-34(39(4,37)38)25-15-10-21(3)26(31)17-25/h5-15,17,20,27H,16,18-19H2,1-4H3,(H,32,36)/t27-/m1/s1. The third-order valence-corrected chi connectivity index (χ3v) is 7.89. The molecular formula is C29H33Cl2N3O4S. The van der Waals surface area contributed by atoms with Crippen molar-refractivity contribution in [1.29, 1.82) is 0 Å². The number of carbonyl (C=O) groups is 2. The van der Waals surface area contributed by atoms with Gasteiger partial charge in [-0.25, -0.2) is 8.42 Å². The van der Waals surface area contributed by atoms with Crippen LogP contribution in [0.5, 0.6) is 0 Å². The van der Waals surface area contributed by atoms with Gasteiger partial charge in [0, 0.05) is 29.1 Å². The Morgan fingerprint density at radius 3 is 2.13 bits per heavy atom. The van der Waals surface area contributed by atoms with Crippen LogP contribution < -0.4 is 9.62 Å². The van der Waals surface area contributed by atoms with Crippen molar-refractivity contribution in [3.8, 4) is 0 Å². The third kappa shape index (κ3) is 8.71. The normalized spacial score (nSPS) is 12.2. The number of halogens is 2. The molecule has 0 saturated heterocycles.